The van der Waals surface area contributed by atoms with E-state index >= 15 is 0 Å². The van der Waals surface area contributed by atoms with E-state index in [1.54, 1.807) is 0 Å². The lowest BCUT2D eigenvalue weighted by atomic mass is 10.2. The summed E-state index contributed by atoms with van der Waals surface area (Å²) in [5.41, 5.74) is 5.95. The summed E-state index contributed by atoms with van der Waals surface area (Å²) in [6.07, 6.45) is -0.780. The van der Waals surface area contributed by atoms with Crippen LogP contribution in [0.5, 0.6) is 5.75 Å². The molecule has 4 nitrogen and oxygen atoms in total. The van der Waals surface area contributed by atoms with Crippen LogP contribution in [0.25, 0.3) is 0 Å². The van der Waals surface area contributed by atoms with Gasteiger partial charge >= 0.3 is 6.09 Å². The summed E-state index contributed by atoms with van der Waals surface area (Å²) in [6, 6.07) is 7.62. The van der Waals surface area contributed by atoms with Gasteiger partial charge in [0.05, 0.1) is 0 Å². The van der Waals surface area contributed by atoms with Crippen LogP contribution in [0.15, 0.2) is 24.3 Å². The summed E-state index contributed by atoms with van der Waals surface area (Å²) in [5, 5.41) is 0. The van der Waals surface area contributed by atoms with E-state index in [1.165, 1.54) is 5.56 Å². The van der Waals surface area contributed by atoms with Gasteiger partial charge in [-0.1, -0.05) is 17.7 Å². The lowest BCUT2D eigenvalue weighted by Gasteiger charge is -2.05. The average molecular weight is 195 g/mol. The molecule has 0 aliphatic heterocycles. The molecule has 0 radical (unpaired) electrons. The number of rotatable bonds is 4. The molecule has 1 amide bonds. The summed E-state index contributed by atoms with van der Waals surface area (Å²) in [7, 11) is 0. The van der Waals surface area contributed by atoms with E-state index in [2.05, 4.69) is 4.74 Å². The van der Waals surface area contributed by atoms with Gasteiger partial charge in [0.1, 0.15) is 19.0 Å². The first kappa shape index (κ1) is 10.4. The molecule has 0 saturated heterocycles. The lowest BCUT2D eigenvalue weighted by Crippen LogP contribution is -2.17. The molecule has 0 aliphatic carbocycles. The van der Waals surface area contributed by atoms with Crippen molar-refractivity contribution in [2.45, 2.75) is 6.92 Å². The van der Waals surface area contributed by atoms with Gasteiger partial charge in [-0.05, 0) is 19.1 Å². The molecule has 0 aromatic heterocycles. The lowest BCUT2D eigenvalue weighted by molar-refractivity contribution is 0.134. The van der Waals surface area contributed by atoms with Gasteiger partial charge in [0.15, 0.2) is 0 Å². The highest BCUT2D eigenvalue weighted by atomic mass is 16.6. The molecule has 1 aromatic rings. The maximum absolute atomic E-state index is 10.2. The van der Waals surface area contributed by atoms with Crippen LogP contribution in [-0.2, 0) is 4.74 Å². The quantitative estimate of drug-likeness (QED) is 0.740. The van der Waals surface area contributed by atoms with Crippen molar-refractivity contribution in [1.29, 1.82) is 0 Å². The van der Waals surface area contributed by atoms with Crippen LogP contribution in [0.3, 0.4) is 0 Å². The molecule has 0 bridgehead atoms. The minimum atomic E-state index is -0.780. The minimum Gasteiger partial charge on any atom is -0.490 e. The maximum Gasteiger partial charge on any atom is 0.404 e. The van der Waals surface area contributed by atoms with E-state index in [4.69, 9.17) is 10.5 Å². The van der Waals surface area contributed by atoms with Crippen molar-refractivity contribution in [1.82, 2.24) is 0 Å². The second kappa shape index (κ2) is 5.11. The first-order chi connectivity index (χ1) is 6.68. The molecule has 76 valence electrons. The van der Waals surface area contributed by atoms with Crippen LogP contribution >= 0.6 is 0 Å². The fourth-order valence-electron chi connectivity index (χ4n) is 0.936. The summed E-state index contributed by atoms with van der Waals surface area (Å²) in [6.45, 7) is 2.48. The molecule has 0 unspecified atom stereocenters. The van der Waals surface area contributed by atoms with Gasteiger partial charge in [-0.15, -0.1) is 0 Å². The number of amides is 1. The van der Waals surface area contributed by atoms with Crippen LogP contribution in [-0.4, -0.2) is 19.3 Å². The molecular formula is C10H13NO3. The van der Waals surface area contributed by atoms with Crippen molar-refractivity contribution in [2.75, 3.05) is 13.2 Å². The van der Waals surface area contributed by atoms with E-state index in [0.29, 0.717) is 6.61 Å². The zero-order valence-electron chi connectivity index (χ0n) is 8.03. The van der Waals surface area contributed by atoms with Gasteiger partial charge in [-0.2, -0.15) is 0 Å². The minimum absolute atomic E-state index is 0.170. The average Bonchev–Trinajstić information content (AvgIpc) is 2.15. The Labute approximate surface area is 82.6 Å². The SMILES string of the molecule is Cc1ccc(OCCOC(N)=O)cc1. The Morgan fingerprint density at radius 2 is 1.93 bits per heavy atom. The first-order valence-corrected chi connectivity index (χ1v) is 4.30. The highest BCUT2D eigenvalue weighted by molar-refractivity contribution is 5.64. The molecule has 0 aliphatic rings. The monoisotopic (exact) mass is 195 g/mol. The van der Waals surface area contributed by atoms with Crippen molar-refractivity contribution in [3.63, 3.8) is 0 Å². The van der Waals surface area contributed by atoms with Crippen LogP contribution in [0.4, 0.5) is 4.79 Å². The molecule has 0 saturated carbocycles. The number of hydrogen-bond donors (Lipinski definition) is 1. The van der Waals surface area contributed by atoms with E-state index in [0.717, 1.165) is 5.75 Å². The predicted molar refractivity (Wildman–Crippen MR) is 52.2 cm³/mol. The fourth-order valence-corrected chi connectivity index (χ4v) is 0.936. The summed E-state index contributed by atoms with van der Waals surface area (Å²) >= 11 is 0. The Kier molecular flexibility index (Phi) is 3.79. The smallest absolute Gasteiger partial charge is 0.404 e. The van der Waals surface area contributed by atoms with Gasteiger partial charge in [-0.3, -0.25) is 0 Å². The third-order valence-electron chi connectivity index (χ3n) is 1.62. The molecule has 4 heteroatoms. The van der Waals surface area contributed by atoms with E-state index in [1.807, 2.05) is 31.2 Å². The summed E-state index contributed by atoms with van der Waals surface area (Å²) in [5.74, 6) is 0.753. The van der Waals surface area contributed by atoms with Crippen LogP contribution < -0.4 is 10.5 Å². The number of aryl methyl sites for hydroxylation is 1. The number of carbonyl (C=O) groups excluding carboxylic acids is 1. The van der Waals surface area contributed by atoms with Gasteiger partial charge in [-0.25, -0.2) is 4.79 Å². The molecule has 0 fully saturated rings. The normalized spacial score (nSPS) is 9.50. The Morgan fingerprint density at radius 3 is 2.50 bits per heavy atom. The second-order valence-corrected chi connectivity index (χ2v) is 2.83. The van der Waals surface area contributed by atoms with Crippen molar-refractivity contribution >= 4 is 6.09 Å². The highest BCUT2D eigenvalue weighted by Gasteiger charge is 1.95. The first-order valence-electron chi connectivity index (χ1n) is 4.30. The Morgan fingerprint density at radius 1 is 1.29 bits per heavy atom. The molecule has 0 spiro atoms. The van der Waals surface area contributed by atoms with Gasteiger partial charge < -0.3 is 15.2 Å². The van der Waals surface area contributed by atoms with Crippen molar-refractivity contribution in [3.8, 4) is 5.75 Å². The van der Waals surface area contributed by atoms with Gasteiger partial charge in [0.25, 0.3) is 0 Å². The maximum atomic E-state index is 10.2. The number of carbonyl (C=O) groups is 1. The van der Waals surface area contributed by atoms with Crippen LogP contribution in [0.2, 0.25) is 0 Å². The van der Waals surface area contributed by atoms with Crippen molar-refractivity contribution < 1.29 is 14.3 Å². The number of nitrogens with two attached hydrogens (primary N) is 1. The highest BCUT2D eigenvalue weighted by Crippen LogP contribution is 2.10. The molecule has 14 heavy (non-hydrogen) atoms. The summed E-state index contributed by atoms with van der Waals surface area (Å²) in [4.78, 5) is 10.2. The zero-order chi connectivity index (χ0) is 10.4. The molecule has 1 rings (SSSR count). The molecule has 0 heterocycles. The van der Waals surface area contributed by atoms with Gasteiger partial charge in [0.2, 0.25) is 0 Å². The molecular weight excluding hydrogens is 182 g/mol. The van der Waals surface area contributed by atoms with E-state index in [-0.39, 0.29) is 6.61 Å². The number of ether oxygens (including phenoxy) is 2. The Bertz CT molecular complexity index is 295. The largest absolute Gasteiger partial charge is 0.490 e. The van der Waals surface area contributed by atoms with E-state index < -0.39 is 6.09 Å². The molecule has 2 N–H and O–H groups in total. The second-order valence-electron chi connectivity index (χ2n) is 2.83. The molecule has 0 atom stereocenters. The fraction of sp³-hybridized carbons (Fsp3) is 0.300. The van der Waals surface area contributed by atoms with E-state index in [9.17, 15) is 4.79 Å². The van der Waals surface area contributed by atoms with Crippen molar-refractivity contribution in [3.05, 3.63) is 29.8 Å². The zero-order valence-corrected chi connectivity index (χ0v) is 8.03. The summed E-state index contributed by atoms with van der Waals surface area (Å²) < 4.78 is 9.78. The van der Waals surface area contributed by atoms with Crippen LogP contribution in [0.1, 0.15) is 5.56 Å². The topological polar surface area (TPSA) is 61.6 Å². The third kappa shape index (κ3) is 3.80. The number of benzene rings is 1. The standard InChI is InChI=1S/C10H13NO3/c1-8-2-4-9(5-3-8)13-6-7-14-10(11)12/h2-5H,6-7H2,1H3,(H2,11,12). The third-order valence-corrected chi connectivity index (χ3v) is 1.62. The Balaban J connectivity index is 2.25. The van der Waals surface area contributed by atoms with Gasteiger partial charge in [0, 0.05) is 0 Å². The molecule has 1 aromatic carbocycles. The number of hydrogen-bond acceptors (Lipinski definition) is 3. The number of primary amides is 1. The predicted octanol–water partition coefficient (Wildman–Crippen LogP) is 1.47. The van der Waals surface area contributed by atoms with Crippen LogP contribution in [0, 0.1) is 6.92 Å². The Hall–Kier alpha value is -1.71. The van der Waals surface area contributed by atoms with Crippen molar-refractivity contribution in [2.24, 2.45) is 5.73 Å².